The smallest absolute Gasteiger partial charge is 0.133 e. The van der Waals surface area contributed by atoms with Crippen LogP contribution in [0.1, 0.15) is 11.1 Å². The molecule has 22 heavy (non-hydrogen) atoms. The molecular weight excluding hydrogens is 296 g/mol. The average molecular weight is 311 g/mol. The molecule has 0 amide bonds. The van der Waals surface area contributed by atoms with Crippen molar-refractivity contribution in [3.8, 4) is 16.9 Å². The van der Waals surface area contributed by atoms with Crippen molar-refractivity contribution < 1.29 is 0 Å². The van der Waals surface area contributed by atoms with Crippen molar-refractivity contribution in [1.82, 2.24) is 14.8 Å². The zero-order chi connectivity index (χ0) is 15.1. The van der Waals surface area contributed by atoms with Crippen LogP contribution in [0, 0.1) is 6.92 Å². The third-order valence-electron chi connectivity index (χ3n) is 4.07. The Morgan fingerprint density at radius 2 is 2.00 bits per heavy atom. The van der Waals surface area contributed by atoms with E-state index in [1.165, 1.54) is 5.56 Å². The highest BCUT2D eigenvalue weighted by molar-refractivity contribution is 6.31. The Labute approximate surface area is 133 Å². The van der Waals surface area contributed by atoms with E-state index < -0.39 is 0 Å². The molecule has 0 spiro atoms. The normalized spacial score (nSPS) is 13.0. The largest absolute Gasteiger partial charge is 0.369 e. The number of aromatic nitrogens is 3. The van der Waals surface area contributed by atoms with Gasteiger partial charge in [-0.05, 0) is 43.2 Å². The molecule has 1 aliphatic heterocycles. The first kappa shape index (κ1) is 13.3. The molecule has 2 aromatic heterocycles. The van der Waals surface area contributed by atoms with Crippen molar-refractivity contribution in [2.75, 3.05) is 11.9 Å². The number of anilines is 1. The minimum atomic E-state index is 0.755. The first-order chi connectivity index (χ1) is 10.8. The second-order valence-corrected chi connectivity index (χ2v) is 5.79. The van der Waals surface area contributed by atoms with E-state index in [0.717, 1.165) is 46.3 Å². The average Bonchev–Trinajstić information content (AvgIpc) is 3.13. The lowest BCUT2D eigenvalue weighted by Gasteiger charge is -2.10. The third-order valence-corrected chi connectivity index (χ3v) is 4.48. The summed E-state index contributed by atoms with van der Waals surface area (Å²) in [6, 6.07) is 9.90. The molecule has 1 aliphatic rings. The Balaban J connectivity index is 1.94. The van der Waals surface area contributed by atoms with Gasteiger partial charge in [-0.15, -0.1) is 0 Å². The summed E-state index contributed by atoms with van der Waals surface area (Å²) in [7, 11) is 0. The number of rotatable bonds is 2. The fraction of sp³-hybridized carbons (Fsp3) is 0.176. The molecule has 0 saturated carbocycles. The standard InChI is InChI=1S/C17H15ClN4/c1-11-14(18)3-2-4-15(11)22-17-13(7-10-20-17)16(21-22)12-5-8-19-9-6-12/h2-6,8-9,20H,7,10H2,1H3. The van der Waals surface area contributed by atoms with Gasteiger partial charge >= 0.3 is 0 Å². The molecule has 1 N–H and O–H groups in total. The van der Waals surface area contributed by atoms with Gasteiger partial charge in [-0.3, -0.25) is 4.98 Å². The minimum Gasteiger partial charge on any atom is -0.369 e. The summed E-state index contributed by atoms with van der Waals surface area (Å²) >= 11 is 6.27. The molecule has 3 aromatic rings. The molecule has 0 aliphatic carbocycles. The van der Waals surface area contributed by atoms with Gasteiger partial charge in [-0.2, -0.15) is 5.10 Å². The predicted octanol–water partition coefficient (Wildman–Crippen LogP) is 3.86. The van der Waals surface area contributed by atoms with Gasteiger partial charge < -0.3 is 5.32 Å². The van der Waals surface area contributed by atoms with Gasteiger partial charge in [-0.25, -0.2) is 4.68 Å². The van der Waals surface area contributed by atoms with E-state index in [4.69, 9.17) is 16.7 Å². The second kappa shape index (κ2) is 5.14. The number of halogens is 1. The maximum atomic E-state index is 6.27. The number of hydrogen-bond acceptors (Lipinski definition) is 3. The third kappa shape index (κ3) is 1.99. The summed E-state index contributed by atoms with van der Waals surface area (Å²) in [4.78, 5) is 4.09. The predicted molar refractivity (Wildman–Crippen MR) is 88.7 cm³/mol. The van der Waals surface area contributed by atoms with Crippen molar-refractivity contribution in [2.45, 2.75) is 13.3 Å². The molecule has 5 heteroatoms. The SMILES string of the molecule is Cc1c(Cl)cccc1-n1nc(-c2ccncc2)c2c1NCC2. The Bertz CT molecular complexity index is 839. The maximum absolute atomic E-state index is 6.27. The van der Waals surface area contributed by atoms with Gasteiger partial charge in [0.15, 0.2) is 0 Å². The van der Waals surface area contributed by atoms with Gasteiger partial charge in [-0.1, -0.05) is 17.7 Å². The molecular formula is C17H15ClN4. The number of nitrogens with zero attached hydrogens (tertiary/aromatic N) is 3. The van der Waals surface area contributed by atoms with E-state index in [1.807, 2.05) is 41.9 Å². The molecule has 3 heterocycles. The summed E-state index contributed by atoms with van der Waals surface area (Å²) in [5.41, 5.74) is 5.41. The molecule has 110 valence electrons. The molecule has 0 radical (unpaired) electrons. The Hall–Kier alpha value is -2.33. The van der Waals surface area contributed by atoms with Crippen LogP contribution in [0.5, 0.6) is 0 Å². The Morgan fingerprint density at radius 1 is 1.18 bits per heavy atom. The molecule has 4 rings (SSSR count). The van der Waals surface area contributed by atoms with E-state index in [-0.39, 0.29) is 0 Å². The van der Waals surface area contributed by atoms with Crippen LogP contribution in [-0.2, 0) is 6.42 Å². The fourth-order valence-electron chi connectivity index (χ4n) is 2.92. The van der Waals surface area contributed by atoms with E-state index in [9.17, 15) is 0 Å². The van der Waals surface area contributed by atoms with Crippen LogP contribution in [0.2, 0.25) is 5.02 Å². The van der Waals surface area contributed by atoms with E-state index >= 15 is 0 Å². The van der Waals surface area contributed by atoms with E-state index in [0.29, 0.717) is 0 Å². The Kier molecular flexibility index (Phi) is 3.12. The number of fused-ring (bicyclic) bond motifs is 1. The van der Waals surface area contributed by atoms with Crippen LogP contribution in [0.3, 0.4) is 0 Å². The Morgan fingerprint density at radius 3 is 2.82 bits per heavy atom. The lowest BCUT2D eigenvalue weighted by atomic mass is 10.1. The molecule has 1 aromatic carbocycles. The molecule has 0 unspecified atom stereocenters. The molecule has 0 bridgehead atoms. The summed E-state index contributed by atoms with van der Waals surface area (Å²) in [5.74, 6) is 1.07. The highest BCUT2D eigenvalue weighted by Gasteiger charge is 2.24. The topological polar surface area (TPSA) is 42.7 Å². The highest BCUT2D eigenvalue weighted by atomic mass is 35.5. The number of benzene rings is 1. The maximum Gasteiger partial charge on any atom is 0.133 e. The number of nitrogens with one attached hydrogen (secondary N) is 1. The number of pyridine rings is 1. The molecule has 0 atom stereocenters. The van der Waals surface area contributed by atoms with Crippen molar-refractivity contribution >= 4 is 17.4 Å². The van der Waals surface area contributed by atoms with Crippen molar-refractivity contribution in [1.29, 1.82) is 0 Å². The van der Waals surface area contributed by atoms with Gasteiger partial charge in [0.1, 0.15) is 5.82 Å². The summed E-state index contributed by atoms with van der Waals surface area (Å²) in [6.07, 6.45) is 4.58. The van der Waals surface area contributed by atoms with Crippen molar-refractivity contribution in [2.24, 2.45) is 0 Å². The van der Waals surface area contributed by atoms with Crippen LogP contribution in [0.25, 0.3) is 16.9 Å². The zero-order valence-electron chi connectivity index (χ0n) is 12.2. The van der Waals surface area contributed by atoms with Crippen LogP contribution >= 0.6 is 11.6 Å². The molecule has 0 fully saturated rings. The monoisotopic (exact) mass is 310 g/mol. The zero-order valence-corrected chi connectivity index (χ0v) is 12.9. The lowest BCUT2D eigenvalue weighted by molar-refractivity contribution is 0.875. The van der Waals surface area contributed by atoms with Crippen LogP contribution in [0.15, 0.2) is 42.7 Å². The highest BCUT2D eigenvalue weighted by Crippen LogP contribution is 2.35. The van der Waals surface area contributed by atoms with Crippen LogP contribution < -0.4 is 5.32 Å². The number of hydrogen-bond donors (Lipinski definition) is 1. The summed E-state index contributed by atoms with van der Waals surface area (Å²) < 4.78 is 1.97. The van der Waals surface area contributed by atoms with E-state index in [2.05, 4.69) is 10.3 Å². The van der Waals surface area contributed by atoms with Gasteiger partial charge in [0.05, 0.1) is 11.4 Å². The summed E-state index contributed by atoms with van der Waals surface area (Å²) in [5, 5.41) is 9.04. The van der Waals surface area contributed by atoms with Crippen LogP contribution in [-0.4, -0.2) is 21.3 Å². The van der Waals surface area contributed by atoms with E-state index in [1.54, 1.807) is 12.4 Å². The fourth-order valence-corrected chi connectivity index (χ4v) is 3.09. The lowest BCUT2D eigenvalue weighted by Crippen LogP contribution is -2.05. The first-order valence-electron chi connectivity index (χ1n) is 7.27. The van der Waals surface area contributed by atoms with Crippen molar-refractivity contribution in [3.05, 3.63) is 58.9 Å². The molecule has 0 saturated heterocycles. The van der Waals surface area contributed by atoms with Crippen LogP contribution in [0.4, 0.5) is 5.82 Å². The van der Waals surface area contributed by atoms with Gasteiger partial charge in [0.2, 0.25) is 0 Å². The first-order valence-corrected chi connectivity index (χ1v) is 7.65. The quantitative estimate of drug-likeness (QED) is 0.781. The van der Waals surface area contributed by atoms with Crippen molar-refractivity contribution in [3.63, 3.8) is 0 Å². The van der Waals surface area contributed by atoms with Gasteiger partial charge in [0, 0.05) is 35.1 Å². The minimum absolute atomic E-state index is 0.755. The molecule has 4 nitrogen and oxygen atoms in total. The van der Waals surface area contributed by atoms with Gasteiger partial charge in [0.25, 0.3) is 0 Å². The second-order valence-electron chi connectivity index (χ2n) is 5.38. The summed E-state index contributed by atoms with van der Waals surface area (Å²) in [6.45, 7) is 2.96.